The first-order valence-electron chi connectivity index (χ1n) is 11.4. The van der Waals surface area contributed by atoms with Crippen LogP contribution in [0.5, 0.6) is 0 Å². The molecule has 10 nitrogen and oxygen atoms in total. The van der Waals surface area contributed by atoms with E-state index in [9.17, 15) is 9.59 Å². The molecule has 2 aromatic heterocycles. The zero-order valence-electron chi connectivity index (χ0n) is 20.7. The number of nitrogens with one attached hydrogen (secondary N) is 2. The number of aryl methyl sites for hydroxylation is 2. The molecule has 2 heterocycles. The Bertz CT molecular complexity index is 1210. The van der Waals surface area contributed by atoms with Crippen molar-refractivity contribution in [1.82, 2.24) is 20.4 Å². The summed E-state index contributed by atoms with van der Waals surface area (Å²) in [4.78, 5) is 24.7. The van der Waals surface area contributed by atoms with Gasteiger partial charge in [-0.25, -0.2) is 0 Å². The van der Waals surface area contributed by atoms with Crippen molar-refractivity contribution in [3.8, 4) is 0 Å². The van der Waals surface area contributed by atoms with Crippen LogP contribution in [0.3, 0.4) is 0 Å². The van der Waals surface area contributed by atoms with E-state index in [1.807, 2.05) is 60.7 Å². The van der Waals surface area contributed by atoms with Crippen molar-refractivity contribution in [1.29, 1.82) is 0 Å². The summed E-state index contributed by atoms with van der Waals surface area (Å²) in [7, 11) is 0. The summed E-state index contributed by atoms with van der Waals surface area (Å²) in [5.74, 6) is 1.05. The van der Waals surface area contributed by atoms with E-state index in [1.165, 1.54) is 22.7 Å². The lowest BCUT2D eigenvalue weighted by Gasteiger charge is -2.10. The first kappa shape index (κ1) is 32.7. The van der Waals surface area contributed by atoms with Gasteiger partial charge in [0.15, 0.2) is 0 Å². The van der Waals surface area contributed by atoms with Crippen LogP contribution >= 0.6 is 61.4 Å². The molecule has 15 heteroatoms. The van der Waals surface area contributed by atoms with Gasteiger partial charge in [0.2, 0.25) is 22.1 Å². The lowest BCUT2D eigenvalue weighted by Crippen LogP contribution is -2.27. The highest BCUT2D eigenvalue weighted by Gasteiger charge is 2.18. The van der Waals surface area contributed by atoms with Gasteiger partial charge in [-0.05, 0) is 22.6 Å². The van der Waals surface area contributed by atoms with E-state index in [1.54, 1.807) is 11.8 Å². The molecule has 0 aliphatic rings. The van der Waals surface area contributed by atoms with Crippen LogP contribution in [-0.4, -0.2) is 43.7 Å². The van der Waals surface area contributed by atoms with Gasteiger partial charge in [0.1, 0.15) is 22.1 Å². The molecule has 0 saturated heterocycles. The number of hydrogen-bond donors (Lipinski definition) is 4. The summed E-state index contributed by atoms with van der Waals surface area (Å²) in [6, 6.07) is 16.8. The van der Waals surface area contributed by atoms with Crippen molar-refractivity contribution >= 4 is 83.5 Å². The number of carbonyl (C=O) groups excluding carboxylic acids is 2. The quantitative estimate of drug-likeness (QED) is 0.174. The largest absolute Gasteiger partial charge is 0.316 e. The SMILES string of the molecule is N[C@H](C(=O)Nc1nnc(CCSCCc2nnc(NC(=O)[C@@H](N)c3ccccc3)s2)s1)c1ccccc1.S.S. The summed E-state index contributed by atoms with van der Waals surface area (Å²) in [6.07, 6.45) is 1.47. The highest BCUT2D eigenvalue weighted by molar-refractivity contribution is 7.99. The Morgan fingerprint density at radius 1 is 0.692 bits per heavy atom. The fourth-order valence-corrected chi connectivity index (χ4v) is 5.84. The average Bonchev–Trinajstić information content (AvgIpc) is 3.57. The normalized spacial score (nSPS) is 11.9. The van der Waals surface area contributed by atoms with Crippen molar-refractivity contribution in [3.05, 3.63) is 81.8 Å². The van der Waals surface area contributed by atoms with E-state index >= 15 is 0 Å². The second-order valence-electron chi connectivity index (χ2n) is 7.87. The summed E-state index contributed by atoms with van der Waals surface area (Å²) in [5.41, 5.74) is 13.5. The minimum absolute atomic E-state index is 0. The maximum atomic E-state index is 12.4. The van der Waals surface area contributed by atoms with Crippen LogP contribution in [0.15, 0.2) is 60.7 Å². The smallest absolute Gasteiger partial charge is 0.247 e. The van der Waals surface area contributed by atoms with Crippen LogP contribution < -0.4 is 22.1 Å². The highest BCUT2D eigenvalue weighted by Crippen LogP contribution is 2.21. The third-order valence-electron chi connectivity index (χ3n) is 5.20. The van der Waals surface area contributed by atoms with Gasteiger partial charge in [-0.15, -0.1) is 20.4 Å². The van der Waals surface area contributed by atoms with Crippen LogP contribution in [0.4, 0.5) is 10.3 Å². The number of amides is 2. The minimum atomic E-state index is -0.765. The molecule has 0 spiro atoms. The van der Waals surface area contributed by atoms with E-state index in [0.717, 1.165) is 45.5 Å². The molecule has 4 aromatic rings. The summed E-state index contributed by atoms with van der Waals surface area (Å²) in [5, 5.41) is 24.4. The van der Waals surface area contributed by atoms with E-state index in [2.05, 4.69) is 31.0 Å². The number of anilines is 2. The van der Waals surface area contributed by atoms with Gasteiger partial charge >= 0.3 is 0 Å². The number of thioether (sulfide) groups is 1. The number of benzene rings is 2. The van der Waals surface area contributed by atoms with Crippen molar-refractivity contribution in [2.24, 2.45) is 11.5 Å². The molecule has 2 aromatic carbocycles. The topological polar surface area (TPSA) is 162 Å². The van der Waals surface area contributed by atoms with Gasteiger partial charge < -0.3 is 11.5 Å². The Kier molecular flexibility index (Phi) is 13.9. The molecule has 0 radical (unpaired) electrons. The van der Waals surface area contributed by atoms with Crippen molar-refractivity contribution < 1.29 is 9.59 Å². The second-order valence-corrected chi connectivity index (χ2v) is 11.2. The van der Waals surface area contributed by atoms with Crippen LogP contribution in [-0.2, 0) is 22.4 Å². The molecular formula is C24H30N8O2S5. The van der Waals surface area contributed by atoms with E-state index in [4.69, 9.17) is 11.5 Å². The molecule has 6 N–H and O–H groups in total. The maximum Gasteiger partial charge on any atom is 0.247 e. The van der Waals surface area contributed by atoms with Crippen molar-refractivity contribution in [2.75, 3.05) is 22.1 Å². The molecule has 0 bridgehead atoms. The molecule has 0 unspecified atom stereocenters. The van der Waals surface area contributed by atoms with Crippen LogP contribution in [0.1, 0.15) is 33.2 Å². The fourth-order valence-electron chi connectivity index (χ4n) is 3.22. The molecule has 0 fully saturated rings. The molecule has 208 valence electrons. The van der Waals surface area contributed by atoms with Crippen molar-refractivity contribution in [3.63, 3.8) is 0 Å². The number of aromatic nitrogens is 4. The molecule has 0 saturated carbocycles. The van der Waals surface area contributed by atoms with Gasteiger partial charge in [0.25, 0.3) is 0 Å². The zero-order valence-corrected chi connectivity index (χ0v) is 25.2. The first-order valence-corrected chi connectivity index (χ1v) is 14.2. The third-order valence-corrected chi connectivity index (χ3v) is 7.98. The second kappa shape index (κ2) is 16.5. The molecule has 39 heavy (non-hydrogen) atoms. The van der Waals surface area contributed by atoms with Gasteiger partial charge in [-0.2, -0.15) is 38.8 Å². The summed E-state index contributed by atoms with van der Waals surface area (Å²) >= 11 is 4.44. The Morgan fingerprint density at radius 3 is 1.46 bits per heavy atom. The lowest BCUT2D eigenvalue weighted by atomic mass is 10.1. The number of rotatable bonds is 12. The Balaban J connectivity index is 0.00000267. The Hall–Kier alpha value is -2.53. The number of nitrogens with zero attached hydrogens (tertiary/aromatic N) is 4. The minimum Gasteiger partial charge on any atom is -0.316 e. The molecule has 0 aliphatic carbocycles. The fraction of sp³-hybridized carbons (Fsp3) is 0.250. The Morgan fingerprint density at radius 2 is 1.08 bits per heavy atom. The predicted octanol–water partition coefficient (Wildman–Crippen LogP) is 3.41. The molecular weight excluding hydrogens is 593 g/mol. The van der Waals surface area contributed by atoms with Crippen LogP contribution in [0.2, 0.25) is 0 Å². The lowest BCUT2D eigenvalue weighted by molar-refractivity contribution is -0.118. The highest BCUT2D eigenvalue weighted by atomic mass is 32.2. The monoisotopic (exact) mass is 622 g/mol. The van der Waals surface area contributed by atoms with Crippen molar-refractivity contribution in [2.45, 2.75) is 24.9 Å². The third kappa shape index (κ3) is 9.86. The summed E-state index contributed by atoms with van der Waals surface area (Å²) in [6.45, 7) is 0. The van der Waals surface area contributed by atoms with E-state index in [0.29, 0.717) is 10.3 Å². The number of nitrogens with two attached hydrogens (primary N) is 2. The standard InChI is InChI=1S/C24H26N8O2S3.2H2S/c25-19(15-7-3-1-4-8-15)21(33)27-23-31-29-17(36-23)11-13-35-14-12-18-30-32-24(37-18)28-22(34)20(26)16-9-5-2-6-10-16;;/h1-10,19-20H,11-14,25-26H2,(H,27,31,33)(H,28,32,34);2*1H2/t19-,20-;;/m0../s1. The molecule has 4 rings (SSSR count). The van der Waals surface area contributed by atoms with Gasteiger partial charge in [-0.3, -0.25) is 20.2 Å². The van der Waals surface area contributed by atoms with Gasteiger partial charge in [0.05, 0.1) is 0 Å². The number of carbonyl (C=O) groups is 2. The first-order chi connectivity index (χ1) is 18.0. The maximum absolute atomic E-state index is 12.4. The van der Waals surface area contributed by atoms with Gasteiger partial charge in [0, 0.05) is 12.8 Å². The van der Waals surface area contributed by atoms with Crippen LogP contribution in [0, 0.1) is 0 Å². The van der Waals surface area contributed by atoms with E-state index in [-0.39, 0.29) is 38.8 Å². The Labute approximate surface area is 252 Å². The number of hydrogen-bond acceptors (Lipinski definition) is 11. The zero-order chi connectivity index (χ0) is 26.0. The molecule has 0 aliphatic heterocycles. The molecule has 2 atom stereocenters. The van der Waals surface area contributed by atoms with Crippen LogP contribution in [0.25, 0.3) is 0 Å². The summed E-state index contributed by atoms with van der Waals surface area (Å²) < 4.78 is 0. The predicted molar refractivity (Wildman–Crippen MR) is 169 cm³/mol. The van der Waals surface area contributed by atoms with Gasteiger partial charge in [-0.1, -0.05) is 83.3 Å². The molecule has 2 amide bonds. The average molecular weight is 623 g/mol. The van der Waals surface area contributed by atoms with E-state index < -0.39 is 12.1 Å².